The fourth-order valence-corrected chi connectivity index (χ4v) is 1.97. The Kier molecular flexibility index (Phi) is 4.45. The van der Waals surface area contributed by atoms with Crippen molar-refractivity contribution in [2.75, 3.05) is 0 Å². The summed E-state index contributed by atoms with van der Waals surface area (Å²) in [6.45, 7) is 5.90. The number of rotatable bonds is 4. The topological polar surface area (TPSA) is 54.9 Å². The predicted octanol–water partition coefficient (Wildman–Crippen LogP) is 2.97. The van der Waals surface area contributed by atoms with Crippen molar-refractivity contribution in [1.82, 2.24) is 15.3 Å². The Hall–Kier alpha value is -2.23. The van der Waals surface area contributed by atoms with E-state index in [0.717, 1.165) is 12.0 Å². The van der Waals surface area contributed by atoms with E-state index in [9.17, 15) is 4.79 Å². The predicted molar refractivity (Wildman–Crippen MR) is 78.4 cm³/mol. The molecule has 2 aromatic rings. The van der Waals surface area contributed by atoms with Crippen LogP contribution in [0.3, 0.4) is 0 Å². The van der Waals surface area contributed by atoms with Crippen molar-refractivity contribution in [2.45, 2.75) is 33.2 Å². The van der Waals surface area contributed by atoms with Gasteiger partial charge in [0.1, 0.15) is 5.82 Å². The van der Waals surface area contributed by atoms with Crippen LogP contribution in [-0.4, -0.2) is 15.9 Å². The highest BCUT2D eigenvalue weighted by molar-refractivity contribution is 5.93. The van der Waals surface area contributed by atoms with Crippen LogP contribution in [0.15, 0.2) is 36.7 Å². The third-order valence-corrected chi connectivity index (χ3v) is 3.24. The molecule has 1 amide bonds. The second kappa shape index (κ2) is 6.28. The Bertz CT molecular complexity index is 576. The van der Waals surface area contributed by atoms with Crippen molar-refractivity contribution in [1.29, 1.82) is 0 Å². The van der Waals surface area contributed by atoms with Crippen LogP contribution < -0.4 is 5.32 Å². The van der Waals surface area contributed by atoms with E-state index in [1.54, 1.807) is 19.3 Å². The molecule has 0 aliphatic heterocycles. The van der Waals surface area contributed by atoms with E-state index in [1.165, 1.54) is 5.56 Å². The monoisotopic (exact) mass is 269 g/mol. The lowest BCUT2D eigenvalue weighted by molar-refractivity contribution is 0.0935. The largest absolute Gasteiger partial charge is 0.345 e. The minimum atomic E-state index is -0.141. The molecular weight excluding hydrogens is 250 g/mol. The Morgan fingerprint density at radius 3 is 2.30 bits per heavy atom. The van der Waals surface area contributed by atoms with Gasteiger partial charge in [-0.25, -0.2) is 9.97 Å². The zero-order valence-electron chi connectivity index (χ0n) is 12.1. The Balaban J connectivity index is 2.11. The van der Waals surface area contributed by atoms with E-state index in [-0.39, 0.29) is 11.9 Å². The summed E-state index contributed by atoms with van der Waals surface area (Å²) in [5.41, 5.74) is 2.81. The highest BCUT2D eigenvalue weighted by atomic mass is 16.1. The van der Waals surface area contributed by atoms with Gasteiger partial charge in [-0.15, -0.1) is 0 Å². The molecule has 1 aromatic carbocycles. The van der Waals surface area contributed by atoms with Crippen LogP contribution >= 0.6 is 0 Å². The van der Waals surface area contributed by atoms with Gasteiger partial charge in [-0.1, -0.05) is 36.8 Å². The average molecular weight is 269 g/mol. The molecule has 0 unspecified atom stereocenters. The highest BCUT2D eigenvalue weighted by Crippen LogP contribution is 2.17. The smallest absolute Gasteiger partial charge is 0.254 e. The number of hydrogen-bond donors (Lipinski definition) is 1. The van der Waals surface area contributed by atoms with E-state index < -0.39 is 0 Å². The molecule has 0 radical (unpaired) electrons. The maximum Gasteiger partial charge on any atom is 0.254 e. The van der Waals surface area contributed by atoms with Gasteiger partial charge < -0.3 is 5.32 Å². The number of carbonyl (C=O) groups is 1. The second-order valence-corrected chi connectivity index (χ2v) is 4.86. The van der Waals surface area contributed by atoms with Gasteiger partial charge in [-0.05, 0) is 25.8 Å². The van der Waals surface area contributed by atoms with Gasteiger partial charge in [0.25, 0.3) is 5.91 Å². The maximum absolute atomic E-state index is 12.2. The molecule has 0 aliphatic carbocycles. The van der Waals surface area contributed by atoms with E-state index >= 15 is 0 Å². The normalized spacial score (nSPS) is 11.9. The molecule has 4 heteroatoms. The first kappa shape index (κ1) is 14.2. The average Bonchev–Trinajstić information content (AvgIpc) is 2.46. The minimum Gasteiger partial charge on any atom is -0.345 e. The van der Waals surface area contributed by atoms with Gasteiger partial charge >= 0.3 is 0 Å². The third-order valence-electron chi connectivity index (χ3n) is 3.24. The minimum absolute atomic E-state index is 0.00408. The number of nitrogens with zero attached hydrogens (tertiary/aromatic N) is 2. The van der Waals surface area contributed by atoms with Crippen LogP contribution in [0.2, 0.25) is 0 Å². The van der Waals surface area contributed by atoms with Crippen LogP contribution in [0.5, 0.6) is 0 Å². The van der Waals surface area contributed by atoms with E-state index in [4.69, 9.17) is 0 Å². The fraction of sp³-hybridized carbons (Fsp3) is 0.312. The van der Waals surface area contributed by atoms with Gasteiger partial charge in [-0.3, -0.25) is 4.79 Å². The van der Waals surface area contributed by atoms with E-state index in [0.29, 0.717) is 11.4 Å². The lowest BCUT2D eigenvalue weighted by Gasteiger charge is -2.17. The summed E-state index contributed by atoms with van der Waals surface area (Å²) in [5.74, 6) is 0.518. The van der Waals surface area contributed by atoms with Gasteiger partial charge in [0.05, 0.1) is 11.6 Å². The summed E-state index contributed by atoms with van der Waals surface area (Å²) < 4.78 is 0. The van der Waals surface area contributed by atoms with Gasteiger partial charge in [0.2, 0.25) is 0 Å². The van der Waals surface area contributed by atoms with Crippen molar-refractivity contribution >= 4 is 5.91 Å². The molecule has 0 aliphatic rings. The summed E-state index contributed by atoms with van der Waals surface area (Å²) in [4.78, 5) is 20.3. The molecule has 20 heavy (non-hydrogen) atoms. The summed E-state index contributed by atoms with van der Waals surface area (Å²) in [7, 11) is 0. The molecule has 2 rings (SSSR count). The summed E-state index contributed by atoms with van der Waals surface area (Å²) in [6.07, 6.45) is 3.95. The molecule has 1 heterocycles. The molecule has 0 spiro atoms. The Morgan fingerprint density at radius 1 is 1.15 bits per heavy atom. The first-order valence-corrected chi connectivity index (χ1v) is 6.76. The SMILES string of the molecule is CC[C@H](NC(=O)c1cnc(C)nc1)c1ccc(C)cc1. The summed E-state index contributed by atoms with van der Waals surface area (Å²) >= 11 is 0. The van der Waals surface area contributed by atoms with Gasteiger partial charge in [-0.2, -0.15) is 0 Å². The number of carbonyl (C=O) groups excluding carboxylic acids is 1. The number of aryl methyl sites for hydroxylation is 2. The molecule has 0 saturated heterocycles. The Labute approximate surface area is 119 Å². The van der Waals surface area contributed by atoms with Gasteiger partial charge in [0.15, 0.2) is 0 Å². The van der Waals surface area contributed by atoms with Crippen molar-refractivity contribution < 1.29 is 4.79 Å². The van der Waals surface area contributed by atoms with Crippen molar-refractivity contribution in [3.63, 3.8) is 0 Å². The van der Waals surface area contributed by atoms with E-state index in [1.807, 2.05) is 6.92 Å². The molecule has 104 valence electrons. The maximum atomic E-state index is 12.2. The molecule has 0 fully saturated rings. The number of amides is 1. The van der Waals surface area contributed by atoms with Crippen molar-refractivity contribution in [3.8, 4) is 0 Å². The van der Waals surface area contributed by atoms with Crippen molar-refractivity contribution in [2.24, 2.45) is 0 Å². The second-order valence-electron chi connectivity index (χ2n) is 4.86. The first-order chi connectivity index (χ1) is 9.60. The van der Waals surface area contributed by atoms with E-state index in [2.05, 4.69) is 46.5 Å². The lowest BCUT2D eigenvalue weighted by Crippen LogP contribution is -2.28. The molecule has 1 atom stereocenters. The molecule has 4 nitrogen and oxygen atoms in total. The number of benzene rings is 1. The lowest BCUT2D eigenvalue weighted by atomic mass is 10.0. The Morgan fingerprint density at radius 2 is 1.75 bits per heavy atom. The highest BCUT2D eigenvalue weighted by Gasteiger charge is 2.14. The molecule has 1 aromatic heterocycles. The van der Waals surface area contributed by atoms with Crippen LogP contribution in [-0.2, 0) is 0 Å². The van der Waals surface area contributed by atoms with Crippen LogP contribution in [0.25, 0.3) is 0 Å². The van der Waals surface area contributed by atoms with Crippen LogP contribution in [0.1, 0.15) is 46.7 Å². The zero-order valence-corrected chi connectivity index (χ0v) is 12.1. The zero-order chi connectivity index (χ0) is 14.5. The van der Waals surface area contributed by atoms with Crippen LogP contribution in [0.4, 0.5) is 0 Å². The fourth-order valence-electron chi connectivity index (χ4n) is 1.97. The number of hydrogen-bond acceptors (Lipinski definition) is 3. The standard InChI is InChI=1S/C16H19N3O/c1-4-15(13-7-5-11(2)6-8-13)19-16(20)14-9-17-12(3)18-10-14/h5-10,15H,4H2,1-3H3,(H,19,20)/t15-/m0/s1. The molecule has 0 bridgehead atoms. The van der Waals surface area contributed by atoms with Crippen LogP contribution in [0, 0.1) is 13.8 Å². The number of aromatic nitrogens is 2. The van der Waals surface area contributed by atoms with Gasteiger partial charge in [0, 0.05) is 12.4 Å². The quantitative estimate of drug-likeness (QED) is 0.928. The molecule has 1 N–H and O–H groups in total. The first-order valence-electron chi connectivity index (χ1n) is 6.76. The molecular formula is C16H19N3O. The molecule has 0 saturated carbocycles. The van der Waals surface area contributed by atoms with Crippen molar-refractivity contribution in [3.05, 3.63) is 59.2 Å². The summed E-state index contributed by atoms with van der Waals surface area (Å²) in [6, 6.07) is 8.22. The summed E-state index contributed by atoms with van der Waals surface area (Å²) in [5, 5.41) is 3.02. The third kappa shape index (κ3) is 3.41. The number of nitrogens with one attached hydrogen (secondary N) is 1.